The third kappa shape index (κ3) is 4.91. The second-order valence-electron chi connectivity index (χ2n) is 5.51. The summed E-state index contributed by atoms with van der Waals surface area (Å²) >= 11 is 0. The maximum atomic E-state index is 11.5. The van der Waals surface area contributed by atoms with Gasteiger partial charge in [0.1, 0.15) is 11.6 Å². The molecule has 1 aliphatic rings. The first-order valence-corrected chi connectivity index (χ1v) is 6.06. The second-order valence-corrected chi connectivity index (χ2v) is 5.51. The van der Waals surface area contributed by atoms with Gasteiger partial charge in [0, 0.05) is 12.1 Å². The molecule has 0 radical (unpaired) electrons. The Labute approximate surface area is 107 Å². The highest BCUT2D eigenvalue weighted by Crippen LogP contribution is 2.22. The molecule has 0 aromatic heterocycles. The number of alkyl carbamates (subject to hydrolysis) is 1. The molecule has 0 bridgehead atoms. The van der Waals surface area contributed by atoms with Crippen LogP contribution in [0.2, 0.25) is 0 Å². The monoisotopic (exact) mass is 258 g/mol. The number of nitrogens with one attached hydrogen (secondary N) is 2. The van der Waals surface area contributed by atoms with Crippen molar-refractivity contribution in [3.05, 3.63) is 0 Å². The van der Waals surface area contributed by atoms with Gasteiger partial charge in [-0.1, -0.05) is 0 Å². The smallest absolute Gasteiger partial charge is 0.407 e. The Morgan fingerprint density at radius 3 is 2.39 bits per heavy atom. The Bertz CT molecular complexity index is 325. The number of methoxy groups -OCH3 is 1. The van der Waals surface area contributed by atoms with Crippen LogP contribution in [0.25, 0.3) is 0 Å². The van der Waals surface area contributed by atoms with E-state index in [0.717, 1.165) is 6.42 Å². The topological polar surface area (TPSA) is 76.7 Å². The van der Waals surface area contributed by atoms with Crippen molar-refractivity contribution in [2.75, 3.05) is 7.11 Å². The fourth-order valence-corrected chi connectivity index (χ4v) is 1.56. The van der Waals surface area contributed by atoms with Gasteiger partial charge in [-0.25, -0.2) is 4.79 Å². The van der Waals surface area contributed by atoms with Gasteiger partial charge in [0.15, 0.2) is 0 Å². The standard InChI is InChI=1S/C12H22N2O4/c1-7(10(15)17-5)13-8-6-9(8)14-11(16)18-12(2,3)4/h7-9,13H,6H2,1-5H3,(H,14,16). The average Bonchev–Trinajstić information content (AvgIpc) is 2.91. The molecular formula is C12H22N2O4. The van der Waals surface area contributed by atoms with Crippen LogP contribution in [0.15, 0.2) is 0 Å². The lowest BCUT2D eigenvalue weighted by Gasteiger charge is -2.19. The third-order valence-corrected chi connectivity index (χ3v) is 2.51. The van der Waals surface area contributed by atoms with E-state index in [2.05, 4.69) is 15.4 Å². The summed E-state index contributed by atoms with van der Waals surface area (Å²) in [7, 11) is 1.35. The Morgan fingerprint density at radius 2 is 1.89 bits per heavy atom. The second kappa shape index (κ2) is 5.56. The van der Waals surface area contributed by atoms with E-state index >= 15 is 0 Å². The number of amides is 1. The van der Waals surface area contributed by atoms with Crippen LogP contribution >= 0.6 is 0 Å². The van der Waals surface area contributed by atoms with Crippen molar-refractivity contribution < 1.29 is 19.1 Å². The summed E-state index contributed by atoms with van der Waals surface area (Å²) in [5.41, 5.74) is -0.499. The van der Waals surface area contributed by atoms with E-state index in [-0.39, 0.29) is 24.1 Å². The number of rotatable bonds is 4. The maximum Gasteiger partial charge on any atom is 0.407 e. The fraction of sp³-hybridized carbons (Fsp3) is 0.833. The summed E-state index contributed by atoms with van der Waals surface area (Å²) in [5, 5.41) is 5.83. The fourth-order valence-electron chi connectivity index (χ4n) is 1.56. The molecule has 18 heavy (non-hydrogen) atoms. The van der Waals surface area contributed by atoms with Gasteiger partial charge in [0.25, 0.3) is 0 Å². The van der Waals surface area contributed by atoms with E-state index in [1.807, 2.05) is 20.8 Å². The van der Waals surface area contributed by atoms with Crippen molar-refractivity contribution in [2.24, 2.45) is 0 Å². The van der Waals surface area contributed by atoms with Crippen molar-refractivity contribution in [1.82, 2.24) is 10.6 Å². The number of carbonyl (C=O) groups excluding carboxylic acids is 2. The van der Waals surface area contributed by atoms with Crippen molar-refractivity contribution >= 4 is 12.1 Å². The number of hydrogen-bond acceptors (Lipinski definition) is 5. The predicted molar refractivity (Wildman–Crippen MR) is 66.2 cm³/mol. The molecular weight excluding hydrogens is 236 g/mol. The van der Waals surface area contributed by atoms with Crippen LogP contribution in [0.3, 0.4) is 0 Å². The van der Waals surface area contributed by atoms with Crippen LogP contribution in [0.1, 0.15) is 34.1 Å². The van der Waals surface area contributed by atoms with Crippen LogP contribution in [0, 0.1) is 0 Å². The van der Waals surface area contributed by atoms with Crippen LogP contribution in [0.5, 0.6) is 0 Å². The average molecular weight is 258 g/mol. The van der Waals surface area contributed by atoms with E-state index in [4.69, 9.17) is 4.74 Å². The van der Waals surface area contributed by atoms with Crippen molar-refractivity contribution in [2.45, 2.75) is 57.8 Å². The zero-order valence-electron chi connectivity index (χ0n) is 11.6. The minimum absolute atomic E-state index is 0.0203. The molecule has 3 unspecified atom stereocenters. The molecule has 1 saturated carbocycles. The normalized spacial score (nSPS) is 24.1. The first-order valence-electron chi connectivity index (χ1n) is 6.06. The highest BCUT2D eigenvalue weighted by atomic mass is 16.6. The number of carbonyl (C=O) groups is 2. The van der Waals surface area contributed by atoms with Crippen molar-refractivity contribution in [3.63, 3.8) is 0 Å². The van der Waals surface area contributed by atoms with E-state index in [9.17, 15) is 9.59 Å². The molecule has 1 amide bonds. The Hall–Kier alpha value is -1.30. The summed E-state index contributed by atoms with van der Waals surface area (Å²) in [6.07, 6.45) is 0.364. The minimum atomic E-state index is -0.499. The van der Waals surface area contributed by atoms with Crippen LogP contribution in [-0.4, -0.2) is 42.9 Å². The zero-order chi connectivity index (χ0) is 13.9. The van der Waals surface area contributed by atoms with Crippen molar-refractivity contribution in [3.8, 4) is 0 Å². The van der Waals surface area contributed by atoms with Gasteiger partial charge in [0.05, 0.1) is 7.11 Å². The van der Waals surface area contributed by atoms with Gasteiger partial charge in [-0.15, -0.1) is 0 Å². The summed E-state index contributed by atoms with van der Waals surface area (Å²) in [4.78, 5) is 22.7. The van der Waals surface area contributed by atoms with Gasteiger partial charge in [-0.05, 0) is 34.1 Å². The SMILES string of the molecule is COC(=O)C(C)NC1CC1NC(=O)OC(C)(C)C. The minimum Gasteiger partial charge on any atom is -0.468 e. The lowest BCUT2D eigenvalue weighted by atomic mass is 10.2. The van der Waals surface area contributed by atoms with Crippen LogP contribution in [-0.2, 0) is 14.3 Å². The molecule has 0 aromatic rings. The van der Waals surface area contributed by atoms with E-state index < -0.39 is 11.7 Å². The number of ether oxygens (including phenoxy) is 2. The molecule has 1 aliphatic carbocycles. The Kier molecular flexibility index (Phi) is 4.56. The molecule has 6 heteroatoms. The molecule has 0 saturated heterocycles. The lowest BCUT2D eigenvalue weighted by Crippen LogP contribution is -2.41. The van der Waals surface area contributed by atoms with Gasteiger partial charge in [0.2, 0.25) is 0 Å². The Balaban J connectivity index is 2.25. The van der Waals surface area contributed by atoms with Gasteiger partial charge in [-0.2, -0.15) is 0 Å². The summed E-state index contributed by atoms with van der Waals surface area (Å²) in [6, 6.07) is -0.246. The summed E-state index contributed by atoms with van der Waals surface area (Å²) in [6.45, 7) is 7.17. The highest BCUT2D eigenvalue weighted by Gasteiger charge is 2.40. The zero-order valence-corrected chi connectivity index (χ0v) is 11.6. The summed E-state index contributed by atoms with van der Waals surface area (Å²) in [5.74, 6) is -0.307. The van der Waals surface area contributed by atoms with E-state index in [1.54, 1.807) is 6.92 Å². The maximum absolute atomic E-state index is 11.5. The quantitative estimate of drug-likeness (QED) is 0.729. The van der Waals surface area contributed by atoms with Crippen LogP contribution in [0.4, 0.5) is 4.79 Å². The van der Waals surface area contributed by atoms with Gasteiger partial charge in [-0.3, -0.25) is 10.1 Å². The largest absolute Gasteiger partial charge is 0.468 e. The number of hydrogen-bond donors (Lipinski definition) is 2. The molecule has 2 N–H and O–H groups in total. The lowest BCUT2D eigenvalue weighted by molar-refractivity contribution is -0.142. The molecule has 1 rings (SSSR count). The Morgan fingerprint density at radius 1 is 1.28 bits per heavy atom. The number of esters is 1. The van der Waals surface area contributed by atoms with Crippen LogP contribution < -0.4 is 10.6 Å². The molecule has 0 heterocycles. The van der Waals surface area contributed by atoms with Crippen molar-refractivity contribution in [1.29, 1.82) is 0 Å². The molecule has 0 aromatic carbocycles. The van der Waals surface area contributed by atoms with Gasteiger partial charge < -0.3 is 14.8 Å². The predicted octanol–water partition coefficient (Wildman–Crippen LogP) is 0.803. The molecule has 0 aliphatic heterocycles. The molecule has 0 spiro atoms. The first-order chi connectivity index (χ1) is 8.23. The molecule has 3 atom stereocenters. The molecule has 1 fully saturated rings. The highest BCUT2D eigenvalue weighted by molar-refractivity contribution is 5.75. The third-order valence-electron chi connectivity index (χ3n) is 2.51. The first kappa shape index (κ1) is 14.8. The van der Waals surface area contributed by atoms with E-state index in [0.29, 0.717) is 0 Å². The summed E-state index contributed by atoms with van der Waals surface area (Å²) < 4.78 is 9.75. The molecule has 6 nitrogen and oxygen atoms in total. The van der Waals surface area contributed by atoms with E-state index in [1.165, 1.54) is 7.11 Å². The molecule has 104 valence electrons. The van der Waals surface area contributed by atoms with Gasteiger partial charge >= 0.3 is 12.1 Å².